The first-order valence-electron chi connectivity index (χ1n) is 13.3. The van der Waals surface area contributed by atoms with Crippen molar-refractivity contribution in [2.75, 3.05) is 6.54 Å². The molecule has 0 saturated heterocycles. The first-order valence-corrected chi connectivity index (χ1v) is 13.3. The molecule has 0 spiro atoms. The van der Waals surface area contributed by atoms with Crippen LogP contribution in [0.5, 0.6) is 5.75 Å². The number of nitrogens with two attached hydrogens (primary N) is 3. The lowest BCUT2D eigenvalue weighted by Gasteiger charge is -2.19. The fourth-order valence-electron chi connectivity index (χ4n) is 4.62. The number of amides is 2. The number of hydrogen-bond acceptors (Lipinski definition) is 5. The van der Waals surface area contributed by atoms with Crippen LogP contribution in [0.15, 0.2) is 71.7 Å². The minimum Gasteiger partial charge on any atom is -0.406 e. The van der Waals surface area contributed by atoms with Crippen molar-refractivity contribution in [3.63, 3.8) is 0 Å². The highest BCUT2D eigenvalue weighted by Gasteiger charge is 2.32. The highest BCUT2D eigenvalue weighted by Crippen LogP contribution is 2.34. The standard InChI is InChI=1S/C29H27F6N7O3/c30-28(31,32)19-6-1-4-16(12-19)15-40-26(44)18-9-10-22-21(14-18)41-25(17-5-2-7-20(13-17)45-29(33,34)35)42(22)23(24(36)43)8-3-11-39-27(37)38/h1-2,4-7,9-10,12-14,23H,3,8,11,15H2,(H2,36,43)(H,40,44)(H4,37,38,39). The van der Waals surface area contributed by atoms with E-state index in [0.29, 0.717) is 11.9 Å². The summed E-state index contributed by atoms with van der Waals surface area (Å²) in [4.78, 5) is 34.0. The number of nitrogens with one attached hydrogen (secondary N) is 1. The molecule has 0 bridgehead atoms. The number of halogens is 6. The summed E-state index contributed by atoms with van der Waals surface area (Å²) in [6.07, 6.45) is -9.08. The Kier molecular flexibility index (Phi) is 9.54. The Morgan fingerprint density at radius 1 is 0.956 bits per heavy atom. The van der Waals surface area contributed by atoms with Crippen molar-refractivity contribution in [1.29, 1.82) is 0 Å². The normalized spacial score (nSPS) is 12.5. The van der Waals surface area contributed by atoms with Gasteiger partial charge in [-0.15, -0.1) is 13.2 Å². The molecule has 1 heterocycles. The van der Waals surface area contributed by atoms with Gasteiger partial charge in [-0.3, -0.25) is 14.6 Å². The predicted molar refractivity (Wildman–Crippen MR) is 153 cm³/mol. The molecule has 16 heteroatoms. The van der Waals surface area contributed by atoms with E-state index in [9.17, 15) is 35.9 Å². The van der Waals surface area contributed by atoms with Crippen LogP contribution in [0.25, 0.3) is 22.4 Å². The molecule has 0 saturated carbocycles. The second-order valence-electron chi connectivity index (χ2n) is 9.83. The number of imidazole rings is 1. The molecule has 3 aromatic carbocycles. The van der Waals surface area contributed by atoms with Gasteiger partial charge in [0, 0.05) is 24.2 Å². The van der Waals surface area contributed by atoms with Crippen LogP contribution in [0.3, 0.4) is 0 Å². The quantitative estimate of drug-likeness (QED) is 0.0813. The molecule has 4 rings (SSSR count). The second kappa shape index (κ2) is 13.2. The fraction of sp³-hybridized carbons (Fsp3) is 0.241. The van der Waals surface area contributed by atoms with Crippen LogP contribution < -0.4 is 27.3 Å². The summed E-state index contributed by atoms with van der Waals surface area (Å²) in [7, 11) is 0. The molecule has 10 nitrogen and oxygen atoms in total. The molecule has 45 heavy (non-hydrogen) atoms. The number of hydrogen-bond donors (Lipinski definition) is 4. The van der Waals surface area contributed by atoms with Crippen molar-refractivity contribution < 1.29 is 40.7 Å². The Morgan fingerprint density at radius 2 is 1.69 bits per heavy atom. The van der Waals surface area contributed by atoms with Crippen LogP contribution in [0.1, 0.15) is 40.4 Å². The molecule has 1 unspecified atom stereocenters. The number of carbonyl (C=O) groups is 2. The first-order chi connectivity index (χ1) is 21.1. The second-order valence-corrected chi connectivity index (χ2v) is 9.83. The lowest BCUT2D eigenvalue weighted by Crippen LogP contribution is -2.27. The smallest absolute Gasteiger partial charge is 0.406 e. The predicted octanol–water partition coefficient (Wildman–Crippen LogP) is 4.63. The van der Waals surface area contributed by atoms with Gasteiger partial charge >= 0.3 is 12.5 Å². The van der Waals surface area contributed by atoms with E-state index in [-0.39, 0.29) is 53.5 Å². The van der Waals surface area contributed by atoms with E-state index in [1.807, 2.05) is 0 Å². The lowest BCUT2D eigenvalue weighted by atomic mass is 10.1. The molecule has 238 valence electrons. The van der Waals surface area contributed by atoms with Gasteiger partial charge in [0.05, 0.1) is 16.6 Å². The summed E-state index contributed by atoms with van der Waals surface area (Å²) in [5, 5.41) is 2.55. The van der Waals surface area contributed by atoms with Crippen LogP contribution in [0, 0.1) is 0 Å². The minimum atomic E-state index is -4.96. The molecule has 1 atom stereocenters. The number of rotatable bonds is 11. The van der Waals surface area contributed by atoms with Crippen LogP contribution in [0.4, 0.5) is 26.3 Å². The lowest BCUT2D eigenvalue weighted by molar-refractivity contribution is -0.274. The Hall–Kier alpha value is -5.28. The molecule has 7 N–H and O–H groups in total. The molecule has 0 aliphatic carbocycles. The van der Waals surface area contributed by atoms with E-state index >= 15 is 0 Å². The zero-order valence-corrected chi connectivity index (χ0v) is 23.3. The number of benzene rings is 3. The number of aliphatic imine (C=N–C) groups is 1. The molecule has 2 amide bonds. The number of alkyl halides is 6. The Morgan fingerprint density at radius 3 is 2.36 bits per heavy atom. The summed E-state index contributed by atoms with van der Waals surface area (Å²) in [6.45, 7) is -0.0365. The number of nitrogens with zero attached hydrogens (tertiary/aromatic N) is 3. The highest BCUT2D eigenvalue weighted by molar-refractivity contribution is 5.98. The zero-order valence-electron chi connectivity index (χ0n) is 23.3. The summed E-state index contributed by atoms with van der Waals surface area (Å²) in [5.41, 5.74) is 16.6. The van der Waals surface area contributed by atoms with E-state index in [0.717, 1.165) is 24.3 Å². The van der Waals surface area contributed by atoms with Gasteiger partial charge in [0.15, 0.2) is 5.96 Å². The number of aromatic nitrogens is 2. The maximum atomic E-state index is 13.1. The van der Waals surface area contributed by atoms with Gasteiger partial charge in [0.25, 0.3) is 5.91 Å². The Labute approximate surface area is 251 Å². The van der Waals surface area contributed by atoms with Crippen LogP contribution >= 0.6 is 0 Å². The molecule has 0 aliphatic rings. The zero-order chi connectivity index (χ0) is 32.9. The van der Waals surface area contributed by atoms with Crippen molar-refractivity contribution >= 4 is 28.8 Å². The molecule has 0 aliphatic heterocycles. The van der Waals surface area contributed by atoms with Crippen LogP contribution in [-0.2, 0) is 17.5 Å². The molecule has 0 radical (unpaired) electrons. The van der Waals surface area contributed by atoms with Crippen LogP contribution in [-0.4, -0.2) is 40.2 Å². The Balaban J connectivity index is 1.71. The monoisotopic (exact) mass is 635 g/mol. The van der Waals surface area contributed by atoms with Crippen LogP contribution in [0.2, 0.25) is 0 Å². The van der Waals surface area contributed by atoms with Gasteiger partial charge in [-0.05, 0) is 60.9 Å². The van der Waals surface area contributed by atoms with Crippen molar-refractivity contribution in [2.24, 2.45) is 22.2 Å². The number of ether oxygens (including phenoxy) is 1. The van der Waals surface area contributed by atoms with E-state index in [4.69, 9.17) is 17.2 Å². The van der Waals surface area contributed by atoms with Gasteiger partial charge in [0.1, 0.15) is 17.6 Å². The van der Waals surface area contributed by atoms with Gasteiger partial charge in [-0.25, -0.2) is 4.98 Å². The largest absolute Gasteiger partial charge is 0.573 e. The van der Waals surface area contributed by atoms with E-state index in [1.165, 1.54) is 47.0 Å². The molecular weight excluding hydrogens is 608 g/mol. The highest BCUT2D eigenvalue weighted by atomic mass is 19.4. The van der Waals surface area contributed by atoms with Gasteiger partial charge in [-0.1, -0.05) is 24.3 Å². The topological polar surface area (TPSA) is 164 Å². The first kappa shape index (κ1) is 32.6. The average molecular weight is 636 g/mol. The fourth-order valence-corrected chi connectivity index (χ4v) is 4.62. The van der Waals surface area contributed by atoms with Crippen molar-refractivity contribution in [2.45, 2.75) is 38.0 Å². The Bertz CT molecular complexity index is 1730. The number of fused-ring (bicyclic) bond motifs is 1. The van der Waals surface area contributed by atoms with Crippen molar-refractivity contribution in [1.82, 2.24) is 14.9 Å². The van der Waals surface area contributed by atoms with Crippen molar-refractivity contribution in [3.05, 3.63) is 83.4 Å². The number of carbonyl (C=O) groups excluding carboxylic acids is 2. The minimum absolute atomic E-state index is 0.0600. The summed E-state index contributed by atoms with van der Waals surface area (Å²) >= 11 is 0. The maximum absolute atomic E-state index is 13.1. The molecule has 1 aromatic heterocycles. The average Bonchev–Trinajstić information content (AvgIpc) is 3.33. The van der Waals surface area contributed by atoms with Gasteiger partial charge < -0.3 is 31.8 Å². The van der Waals surface area contributed by atoms with E-state index in [1.54, 1.807) is 0 Å². The number of primary amides is 1. The van der Waals surface area contributed by atoms with Crippen molar-refractivity contribution in [3.8, 4) is 17.1 Å². The summed E-state index contributed by atoms with van der Waals surface area (Å²) in [6, 6.07) is 12.7. The van der Waals surface area contributed by atoms with Gasteiger partial charge in [0.2, 0.25) is 5.91 Å². The third-order valence-corrected chi connectivity index (χ3v) is 6.56. The van der Waals surface area contributed by atoms with E-state index in [2.05, 4.69) is 20.0 Å². The molecule has 4 aromatic rings. The summed E-state index contributed by atoms with van der Waals surface area (Å²) < 4.78 is 83.5. The third-order valence-electron chi connectivity index (χ3n) is 6.56. The maximum Gasteiger partial charge on any atom is 0.573 e. The number of guanidine groups is 1. The van der Waals surface area contributed by atoms with Gasteiger partial charge in [-0.2, -0.15) is 13.2 Å². The molecule has 0 fully saturated rings. The van der Waals surface area contributed by atoms with E-state index < -0.39 is 41.7 Å². The molecular formula is C29H27F6N7O3. The SMILES string of the molecule is NC(=O)C(CCCN=C(N)N)n1c(-c2cccc(OC(F)(F)F)c2)nc2cc(C(=O)NCc3cccc(C(F)(F)F)c3)ccc21. The third kappa shape index (κ3) is 8.43. The summed E-state index contributed by atoms with van der Waals surface area (Å²) in [5.74, 6) is -2.03.